The Morgan fingerprint density at radius 3 is 2.86 bits per heavy atom. The largest absolute Gasteiger partial charge is 0.502 e. The lowest BCUT2D eigenvalue weighted by atomic mass is 9.93. The number of carbonyl (C=O) groups excluding carboxylic acids is 1. The number of methoxy groups -OCH3 is 1. The summed E-state index contributed by atoms with van der Waals surface area (Å²) in [5, 5.41) is 10.7. The molecule has 1 aromatic heterocycles. The molecule has 0 bridgehead atoms. The van der Waals surface area contributed by atoms with E-state index in [-0.39, 0.29) is 31.6 Å². The normalized spacial score (nSPS) is 20.5. The van der Waals surface area contributed by atoms with Gasteiger partial charge in [0.25, 0.3) is 5.91 Å². The summed E-state index contributed by atoms with van der Waals surface area (Å²) < 4.78 is 27.3. The van der Waals surface area contributed by atoms with Crippen LogP contribution in [0.4, 0.5) is 4.39 Å². The number of benzene rings is 2. The number of ether oxygens (including phenoxy) is 2. The average molecular weight is 510 g/mol. The summed E-state index contributed by atoms with van der Waals surface area (Å²) in [7, 11) is 1.53. The summed E-state index contributed by atoms with van der Waals surface area (Å²) >= 11 is 1.64. The van der Waals surface area contributed by atoms with Crippen molar-refractivity contribution in [2.45, 2.75) is 29.3 Å². The predicted octanol–water partition coefficient (Wildman–Crippen LogP) is 2.93. The van der Waals surface area contributed by atoms with Crippen molar-refractivity contribution in [3.05, 3.63) is 80.9 Å². The third-order valence-electron chi connectivity index (χ3n) is 6.89. The first-order valence-corrected chi connectivity index (χ1v) is 12.6. The highest BCUT2D eigenvalue weighted by molar-refractivity contribution is 7.98. The molecule has 3 aliphatic rings. The molecule has 0 radical (unpaired) electrons. The van der Waals surface area contributed by atoms with Gasteiger partial charge in [-0.15, -0.1) is 11.8 Å². The van der Waals surface area contributed by atoms with Crippen molar-refractivity contribution in [1.29, 1.82) is 0 Å². The number of aromatic hydroxyl groups is 1. The summed E-state index contributed by atoms with van der Waals surface area (Å²) in [5.41, 5.74) is 5.96. The van der Waals surface area contributed by atoms with Gasteiger partial charge < -0.3 is 24.9 Å². The summed E-state index contributed by atoms with van der Waals surface area (Å²) in [4.78, 5) is 29.2. The van der Waals surface area contributed by atoms with E-state index in [1.165, 1.54) is 30.0 Å². The van der Waals surface area contributed by atoms with E-state index in [9.17, 15) is 19.1 Å². The minimum Gasteiger partial charge on any atom is -0.502 e. The van der Waals surface area contributed by atoms with Crippen LogP contribution in [0.25, 0.3) is 11.3 Å². The minimum absolute atomic E-state index is 0.182. The van der Waals surface area contributed by atoms with E-state index in [1.54, 1.807) is 16.7 Å². The second kappa shape index (κ2) is 8.95. The fourth-order valence-corrected chi connectivity index (χ4v) is 6.32. The van der Waals surface area contributed by atoms with E-state index in [4.69, 9.17) is 9.47 Å². The molecular formula is C26H24FN3O5S. The third kappa shape index (κ3) is 3.68. The molecule has 3 aliphatic heterocycles. The molecule has 0 spiro atoms. The molecule has 4 heterocycles. The second-order valence-electron chi connectivity index (χ2n) is 9.09. The minimum atomic E-state index is -0.706. The van der Waals surface area contributed by atoms with Crippen LogP contribution in [0, 0.1) is 5.82 Å². The number of fused-ring (bicyclic) bond motifs is 4. The van der Waals surface area contributed by atoms with Gasteiger partial charge in [0, 0.05) is 29.4 Å². The van der Waals surface area contributed by atoms with E-state index in [0.29, 0.717) is 23.4 Å². The number of aromatic nitrogens is 1. The lowest BCUT2D eigenvalue weighted by molar-refractivity contribution is -0.0556. The molecule has 1 fully saturated rings. The monoisotopic (exact) mass is 509 g/mol. The number of thioether (sulfide) groups is 1. The lowest BCUT2D eigenvalue weighted by Crippen LogP contribution is -2.64. The zero-order valence-electron chi connectivity index (χ0n) is 19.5. The van der Waals surface area contributed by atoms with Crippen molar-refractivity contribution in [3.8, 4) is 17.0 Å². The molecule has 2 aromatic carbocycles. The standard InChI is InChI=1S/C26H24FN3O5S/c1-34-10-17-11-35-12-23-28-30-20(9-21(31)25(32)24(30)26(33)29(17)23)19-8-16(27)6-15-13-36-22-5-3-2-4-14(22)7-18(15)19/h2-6,8-9,17,23,28,32H,7,10-13H2,1H3/t17?,23-/m0/s1. The molecule has 10 heteroatoms. The van der Waals surface area contributed by atoms with Crippen molar-refractivity contribution in [1.82, 2.24) is 9.58 Å². The Morgan fingerprint density at radius 1 is 1.19 bits per heavy atom. The maximum atomic E-state index is 14.9. The molecule has 1 unspecified atom stereocenters. The summed E-state index contributed by atoms with van der Waals surface area (Å²) in [6, 6.07) is 11.8. The van der Waals surface area contributed by atoms with Crippen molar-refractivity contribution >= 4 is 17.7 Å². The highest BCUT2D eigenvalue weighted by Crippen LogP contribution is 2.39. The molecule has 1 amide bonds. The fraction of sp³-hybridized carbons (Fsp3) is 0.308. The Balaban J connectivity index is 1.55. The maximum absolute atomic E-state index is 14.9. The second-order valence-corrected chi connectivity index (χ2v) is 10.1. The van der Waals surface area contributed by atoms with Crippen LogP contribution >= 0.6 is 11.8 Å². The number of hydrogen-bond donors (Lipinski definition) is 2. The smallest absolute Gasteiger partial charge is 0.278 e. The van der Waals surface area contributed by atoms with Crippen LogP contribution in [0.1, 0.15) is 27.2 Å². The zero-order valence-corrected chi connectivity index (χ0v) is 20.3. The van der Waals surface area contributed by atoms with Crippen molar-refractivity contribution in [3.63, 3.8) is 0 Å². The number of rotatable bonds is 3. The van der Waals surface area contributed by atoms with Crippen LogP contribution in [0.2, 0.25) is 0 Å². The molecule has 186 valence electrons. The number of nitrogens with one attached hydrogen (secondary N) is 1. The molecule has 0 saturated carbocycles. The molecule has 6 rings (SSSR count). The van der Waals surface area contributed by atoms with E-state index < -0.39 is 29.1 Å². The zero-order chi connectivity index (χ0) is 25.0. The average Bonchev–Trinajstić information content (AvgIpc) is 3.05. The molecule has 2 atom stereocenters. The van der Waals surface area contributed by atoms with Gasteiger partial charge in [-0.25, -0.2) is 9.07 Å². The first kappa shape index (κ1) is 23.1. The van der Waals surface area contributed by atoms with E-state index in [2.05, 4.69) is 5.43 Å². The first-order valence-electron chi connectivity index (χ1n) is 11.6. The Hall–Kier alpha value is -3.34. The number of nitrogens with zero attached hydrogens (tertiary/aromatic N) is 2. The van der Waals surface area contributed by atoms with Gasteiger partial charge in [0.05, 0.1) is 31.6 Å². The van der Waals surface area contributed by atoms with Gasteiger partial charge in [-0.05, 0) is 41.3 Å². The van der Waals surface area contributed by atoms with Crippen LogP contribution in [0.5, 0.6) is 5.75 Å². The number of amides is 1. The van der Waals surface area contributed by atoms with E-state index in [1.807, 2.05) is 24.3 Å². The van der Waals surface area contributed by atoms with Gasteiger partial charge in [-0.3, -0.25) is 9.59 Å². The molecule has 8 nitrogen and oxygen atoms in total. The number of halogens is 1. The molecular weight excluding hydrogens is 485 g/mol. The number of carbonyl (C=O) groups is 1. The van der Waals surface area contributed by atoms with Gasteiger partial charge in [0.1, 0.15) is 12.0 Å². The summed E-state index contributed by atoms with van der Waals surface area (Å²) in [5.74, 6) is -1.03. The van der Waals surface area contributed by atoms with Crippen LogP contribution in [-0.4, -0.2) is 59.7 Å². The lowest BCUT2D eigenvalue weighted by Gasteiger charge is -2.46. The van der Waals surface area contributed by atoms with Crippen LogP contribution in [0.15, 0.2) is 52.2 Å². The number of pyridine rings is 1. The quantitative estimate of drug-likeness (QED) is 0.561. The Morgan fingerprint density at radius 2 is 2.03 bits per heavy atom. The first-order chi connectivity index (χ1) is 17.5. The third-order valence-corrected chi connectivity index (χ3v) is 8.05. The predicted molar refractivity (Wildman–Crippen MR) is 132 cm³/mol. The van der Waals surface area contributed by atoms with Gasteiger partial charge in [-0.2, -0.15) is 0 Å². The van der Waals surface area contributed by atoms with Gasteiger partial charge in [0.15, 0.2) is 11.4 Å². The summed E-state index contributed by atoms with van der Waals surface area (Å²) in [6.07, 6.45) is -0.0101. The van der Waals surface area contributed by atoms with E-state index in [0.717, 1.165) is 21.6 Å². The number of hydrogen-bond acceptors (Lipinski definition) is 7. The SMILES string of the molecule is COCC1COC[C@H]2Nn3c(-c4cc(F)cc5c4Cc4ccccc4SC5)cc(=O)c(O)c3C(=O)N12. The van der Waals surface area contributed by atoms with Crippen molar-refractivity contribution < 1.29 is 23.8 Å². The van der Waals surface area contributed by atoms with E-state index >= 15 is 0 Å². The van der Waals surface area contributed by atoms with Crippen LogP contribution < -0.4 is 10.9 Å². The van der Waals surface area contributed by atoms with Gasteiger partial charge in [0.2, 0.25) is 5.43 Å². The molecule has 0 aliphatic carbocycles. The highest BCUT2D eigenvalue weighted by atomic mass is 32.2. The topological polar surface area (TPSA) is 93.0 Å². The van der Waals surface area contributed by atoms with Crippen LogP contribution in [0.3, 0.4) is 0 Å². The number of morpholine rings is 1. The summed E-state index contributed by atoms with van der Waals surface area (Å²) in [6.45, 7) is 0.725. The molecule has 3 aromatic rings. The Kier molecular flexibility index (Phi) is 5.74. The Labute approximate surface area is 210 Å². The van der Waals surface area contributed by atoms with Crippen molar-refractivity contribution in [2.24, 2.45) is 0 Å². The molecule has 1 saturated heterocycles. The molecule has 2 N–H and O–H groups in total. The molecule has 36 heavy (non-hydrogen) atoms. The fourth-order valence-electron chi connectivity index (χ4n) is 5.26. The Bertz CT molecular complexity index is 1440. The van der Waals surface area contributed by atoms with Crippen molar-refractivity contribution in [2.75, 3.05) is 32.4 Å². The van der Waals surface area contributed by atoms with Gasteiger partial charge >= 0.3 is 0 Å². The van der Waals surface area contributed by atoms with Gasteiger partial charge in [-0.1, -0.05) is 18.2 Å². The maximum Gasteiger partial charge on any atom is 0.278 e. The van der Waals surface area contributed by atoms with Crippen LogP contribution in [-0.2, 0) is 21.6 Å². The highest BCUT2D eigenvalue weighted by Gasteiger charge is 2.42.